The SMILES string of the molecule is Cc1cc(OC(C)C)c(C(=O)O)c(C)n1. The van der Waals surface area contributed by atoms with Gasteiger partial charge in [-0.25, -0.2) is 4.79 Å². The van der Waals surface area contributed by atoms with E-state index < -0.39 is 5.97 Å². The van der Waals surface area contributed by atoms with Crippen molar-refractivity contribution in [3.63, 3.8) is 0 Å². The monoisotopic (exact) mass is 209 g/mol. The Morgan fingerprint density at radius 1 is 1.47 bits per heavy atom. The van der Waals surface area contributed by atoms with Crippen LogP contribution in [0.1, 0.15) is 35.6 Å². The lowest BCUT2D eigenvalue weighted by Gasteiger charge is -2.14. The molecular formula is C11H15NO3. The van der Waals surface area contributed by atoms with E-state index in [2.05, 4.69) is 4.98 Å². The largest absolute Gasteiger partial charge is 0.490 e. The smallest absolute Gasteiger partial charge is 0.341 e. The fraction of sp³-hybridized carbons (Fsp3) is 0.455. The van der Waals surface area contributed by atoms with Crippen LogP contribution in [-0.4, -0.2) is 22.2 Å². The summed E-state index contributed by atoms with van der Waals surface area (Å²) in [6.07, 6.45) is -0.0516. The molecule has 0 amide bonds. The third-order valence-electron chi connectivity index (χ3n) is 1.87. The number of ether oxygens (including phenoxy) is 1. The number of pyridine rings is 1. The summed E-state index contributed by atoms with van der Waals surface area (Å²) < 4.78 is 5.45. The molecule has 1 N–H and O–H groups in total. The molecule has 0 saturated carbocycles. The van der Waals surface area contributed by atoms with Crippen molar-refractivity contribution in [2.75, 3.05) is 0 Å². The van der Waals surface area contributed by atoms with Crippen molar-refractivity contribution in [3.05, 3.63) is 23.0 Å². The number of aryl methyl sites for hydroxylation is 2. The van der Waals surface area contributed by atoms with Crippen LogP contribution in [0, 0.1) is 13.8 Å². The van der Waals surface area contributed by atoms with E-state index in [-0.39, 0.29) is 11.7 Å². The van der Waals surface area contributed by atoms with E-state index in [4.69, 9.17) is 9.84 Å². The standard InChI is InChI=1S/C11H15NO3/c1-6(2)15-9-5-7(3)12-8(4)10(9)11(13)14/h5-6H,1-4H3,(H,13,14). The zero-order valence-corrected chi connectivity index (χ0v) is 9.37. The maximum atomic E-state index is 11.0. The molecule has 0 atom stereocenters. The van der Waals surface area contributed by atoms with Gasteiger partial charge in [0, 0.05) is 11.8 Å². The molecule has 0 aliphatic carbocycles. The first-order valence-corrected chi connectivity index (χ1v) is 4.80. The molecular weight excluding hydrogens is 194 g/mol. The van der Waals surface area contributed by atoms with Crippen LogP contribution >= 0.6 is 0 Å². The van der Waals surface area contributed by atoms with Crippen molar-refractivity contribution < 1.29 is 14.6 Å². The van der Waals surface area contributed by atoms with Gasteiger partial charge in [-0.15, -0.1) is 0 Å². The topological polar surface area (TPSA) is 59.4 Å². The number of hydrogen-bond donors (Lipinski definition) is 1. The summed E-state index contributed by atoms with van der Waals surface area (Å²) in [6, 6.07) is 1.65. The molecule has 0 radical (unpaired) electrons. The summed E-state index contributed by atoms with van der Waals surface area (Å²) in [6.45, 7) is 7.20. The molecule has 82 valence electrons. The Morgan fingerprint density at radius 2 is 2.07 bits per heavy atom. The lowest BCUT2D eigenvalue weighted by atomic mass is 10.1. The average molecular weight is 209 g/mol. The minimum Gasteiger partial charge on any atom is -0.490 e. The molecule has 0 fully saturated rings. The Hall–Kier alpha value is -1.58. The lowest BCUT2D eigenvalue weighted by molar-refractivity contribution is 0.0689. The van der Waals surface area contributed by atoms with E-state index >= 15 is 0 Å². The van der Waals surface area contributed by atoms with Gasteiger partial charge in [0.25, 0.3) is 0 Å². The van der Waals surface area contributed by atoms with Gasteiger partial charge in [-0.1, -0.05) is 0 Å². The third kappa shape index (κ3) is 2.68. The molecule has 0 aliphatic rings. The Bertz CT molecular complexity index is 386. The van der Waals surface area contributed by atoms with Gasteiger partial charge >= 0.3 is 5.97 Å². The molecule has 1 aromatic rings. The lowest BCUT2D eigenvalue weighted by Crippen LogP contribution is -2.12. The number of carboxylic acids is 1. The number of aromatic nitrogens is 1. The number of carbonyl (C=O) groups is 1. The average Bonchev–Trinajstić information content (AvgIpc) is 1.99. The highest BCUT2D eigenvalue weighted by molar-refractivity contribution is 5.92. The van der Waals surface area contributed by atoms with Gasteiger partial charge < -0.3 is 9.84 Å². The van der Waals surface area contributed by atoms with E-state index in [0.29, 0.717) is 11.4 Å². The molecule has 0 saturated heterocycles. The number of aromatic carboxylic acids is 1. The van der Waals surface area contributed by atoms with E-state index in [1.54, 1.807) is 13.0 Å². The highest BCUT2D eigenvalue weighted by Gasteiger charge is 2.17. The van der Waals surface area contributed by atoms with E-state index in [1.807, 2.05) is 20.8 Å². The van der Waals surface area contributed by atoms with Crippen molar-refractivity contribution >= 4 is 5.97 Å². The molecule has 15 heavy (non-hydrogen) atoms. The normalized spacial score (nSPS) is 10.5. The maximum absolute atomic E-state index is 11.0. The Balaban J connectivity index is 3.27. The van der Waals surface area contributed by atoms with Gasteiger partial charge in [0.05, 0.1) is 11.8 Å². The predicted octanol–water partition coefficient (Wildman–Crippen LogP) is 2.18. The number of carboxylic acid groups (broad SMARTS) is 1. The van der Waals surface area contributed by atoms with Gasteiger partial charge in [0.15, 0.2) is 0 Å². The van der Waals surface area contributed by atoms with E-state index in [9.17, 15) is 4.79 Å². The maximum Gasteiger partial charge on any atom is 0.341 e. The van der Waals surface area contributed by atoms with Crippen LogP contribution in [0.25, 0.3) is 0 Å². The van der Waals surface area contributed by atoms with Crippen molar-refractivity contribution in [1.29, 1.82) is 0 Å². The fourth-order valence-electron chi connectivity index (χ4n) is 1.40. The van der Waals surface area contributed by atoms with Gasteiger partial charge in [0.2, 0.25) is 0 Å². The number of nitrogens with zero attached hydrogens (tertiary/aromatic N) is 1. The van der Waals surface area contributed by atoms with Crippen molar-refractivity contribution in [3.8, 4) is 5.75 Å². The molecule has 1 aromatic heterocycles. The Morgan fingerprint density at radius 3 is 2.53 bits per heavy atom. The van der Waals surface area contributed by atoms with Crippen molar-refractivity contribution in [1.82, 2.24) is 4.98 Å². The summed E-state index contributed by atoms with van der Waals surface area (Å²) in [5, 5.41) is 9.03. The minimum absolute atomic E-state index is 0.0516. The molecule has 1 rings (SSSR count). The van der Waals surface area contributed by atoms with Gasteiger partial charge in [0.1, 0.15) is 11.3 Å². The molecule has 0 aromatic carbocycles. The van der Waals surface area contributed by atoms with Crippen LogP contribution in [0.15, 0.2) is 6.07 Å². The van der Waals surface area contributed by atoms with Gasteiger partial charge in [-0.05, 0) is 27.7 Å². The van der Waals surface area contributed by atoms with Crippen LogP contribution in [0.5, 0.6) is 5.75 Å². The fourth-order valence-corrected chi connectivity index (χ4v) is 1.40. The Labute approximate surface area is 88.9 Å². The van der Waals surface area contributed by atoms with E-state index in [1.165, 1.54) is 0 Å². The minimum atomic E-state index is -1.00. The zero-order valence-electron chi connectivity index (χ0n) is 9.37. The van der Waals surface area contributed by atoms with Crippen LogP contribution in [0.2, 0.25) is 0 Å². The summed E-state index contributed by atoms with van der Waals surface area (Å²) in [5.41, 5.74) is 1.39. The molecule has 0 aliphatic heterocycles. The van der Waals surface area contributed by atoms with Crippen LogP contribution in [-0.2, 0) is 0 Å². The molecule has 0 bridgehead atoms. The summed E-state index contributed by atoms with van der Waals surface area (Å²) in [7, 11) is 0. The second-order valence-electron chi connectivity index (χ2n) is 3.69. The second-order valence-corrected chi connectivity index (χ2v) is 3.69. The Kier molecular flexibility index (Phi) is 3.29. The van der Waals surface area contributed by atoms with Crippen molar-refractivity contribution in [2.45, 2.75) is 33.8 Å². The first kappa shape index (κ1) is 11.5. The number of hydrogen-bond acceptors (Lipinski definition) is 3. The molecule has 0 unspecified atom stereocenters. The van der Waals surface area contributed by atoms with Crippen molar-refractivity contribution in [2.24, 2.45) is 0 Å². The van der Waals surface area contributed by atoms with Crippen LogP contribution in [0.3, 0.4) is 0 Å². The zero-order chi connectivity index (χ0) is 11.6. The molecule has 1 heterocycles. The summed E-state index contributed by atoms with van der Waals surface area (Å²) >= 11 is 0. The summed E-state index contributed by atoms with van der Waals surface area (Å²) in [4.78, 5) is 15.1. The van der Waals surface area contributed by atoms with Crippen LogP contribution in [0.4, 0.5) is 0 Å². The second kappa shape index (κ2) is 4.29. The van der Waals surface area contributed by atoms with Gasteiger partial charge in [-0.3, -0.25) is 4.98 Å². The molecule has 4 nitrogen and oxygen atoms in total. The number of rotatable bonds is 3. The molecule has 0 spiro atoms. The first-order valence-electron chi connectivity index (χ1n) is 4.80. The molecule has 4 heteroatoms. The summed E-state index contributed by atoms with van der Waals surface area (Å²) in [5.74, 6) is -0.613. The van der Waals surface area contributed by atoms with Gasteiger partial charge in [-0.2, -0.15) is 0 Å². The first-order chi connectivity index (χ1) is 6.91. The highest BCUT2D eigenvalue weighted by atomic mass is 16.5. The quantitative estimate of drug-likeness (QED) is 0.828. The van der Waals surface area contributed by atoms with E-state index in [0.717, 1.165) is 5.69 Å². The third-order valence-corrected chi connectivity index (χ3v) is 1.87. The highest BCUT2D eigenvalue weighted by Crippen LogP contribution is 2.23. The van der Waals surface area contributed by atoms with Crippen LogP contribution < -0.4 is 4.74 Å². The predicted molar refractivity (Wildman–Crippen MR) is 56.4 cm³/mol.